The molecule has 186 valence electrons. The molecule has 9 nitrogen and oxygen atoms in total. The summed E-state index contributed by atoms with van der Waals surface area (Å²) in [5, 5.41) is 0. The fraction of sp³-hybridized carbons (Fsp3) is 0.652. The molecule has 1 aromatic rings. The van der Waals surface area contributed by atoms with Crippen molar-refractivity contribution < 1.29 is 27.5 Å². The van der Waals surface area contributed by atoms with Gasteiger partial charge in [-0.2, -0.15) is 4.31 Å². The minimum atomic E-state index is -3.65. The van der Waals surface area contributed by atoms with Gasteiger partial charge in [-0.3, -0.25) is 9.59 Å². The van der Waals surface area contributed by atoms with Crippen LogP contribution >= 0.6 is 0 Å². The molecule has 0 atom stereocenters. The van der Waals surface area contributed by atoms with Gasteiger partial charge in [0.05, 0.1) is 12.0 Å². The van der Waals surface area contributed by atoms with Crippen molar-refractivity contribution in [3.8, 4) is 5.75 Å². The summed E-state index contributed by atoms with van der Waals surface area (Å²) in [5.41, 5.74) is -0.630. The Kier molecular flexibility index (Phi) is 9.28. The number of carbonyl (C=O) groups excluding carboxylic acids is 2. The molecule has 0 bridgehead atoms. The summed E-state index contributed by atoms with van der Waals surface area (Å²) in [6.07, 6.45) is 0.808. The molecule has 0 radical (unpaired) electrons. The van der Waals surface area contributed by atoms with Gasteiger partial charge in [0.1, 0.15) is 17.9 Å². The summed E-state index contributed by atoms with van der Waals surface area (Å²) < 4.78 is 37.9. The highest BCUT2D eigenvalue weighted by molar-refractivity contribution is 7.89. The zero-order chi connectivity index (χ0) is 24.8. The molecule has 0 saturated carbocycles. The van der Waals surface area contributed by atoms with Crippen LogP contribution in [-0.4, -0.2) is 93.9 Å². The van der Waals surface area contributed by atoms with E-state index in [0.29, 0.717) is 31.7 Å². The van der Waals surface area contributed by atoms with Crippen molar-refractivity contribution in [1.29, 1.82) is 0 Å². The predicted molar refractivity (Wildman–Crippen MR) is 125 cm³/mol. The highest BCUT2D eigenvalue weighted by atomic mass is 32.2. The number of sulfonamides is 1. The first kappa shape index (κ1) is 27.1. The number of likely N-dealkylation sites (N-methyl/N-ethyl adjacent to an activating group) is 1. The summed E-state index contributed by atoms with van der Waals surface area (Å²) >= 11 is 0. The van der Waals surface area contributed by atoms with Gasteiger partial charge in [-0.1, -0.05) is 0 Å². The average molecular weight is 484 g/mol. The topological polar surface area (TPSA) is 96.5 Å². The number of rotatable bonds is 9. The molecule has 1 heterocycles. The molecule has 1 aliphatic heterocycles. The van der Waals surface area contributed by atoms with Crippen LogP contribution in [-0.2, 0) is 24.3 Å². The number of methoxy groups -OCH3 is 1. The van der Waals surface area contributed by atoms with Crippen LogP contribution in [0.5, 0.6) is 5.75 Å². The maximum atomic E-state index is 13.2. The van der Waals surface area contributed by atoms with Crippen LogP contribution in [0.1, 0.15) is 33.6 Å². The second-order valence-electron chi connectivity index (χ2n) is 9.50. The predicted octanol–water partition coefficient (Wildman–Crippen LogP) is 1.83. The Morgan fingerprint density at radius 1 is 1.06 bits per heavy atom. The van der Waals surface area contributed by atoms with Gasteiger partial charge in [0.25, 0.3) is 0 Å². The minimum Gasteiger partial charge on any atom is -0.497 e. The van der Waals surface area contributed by atoms with E-state index in [0.717, 1.165) is 0 Å². The Balaban J connectivity index is 2.04. The number of carbonyl (C=O) groups is 2. The second kappa shape index (κ2) is 11.3. The number of esters is 1. The monoisotopic (exact) mass is 483 g/mol. The smallest absolute Gasteiger partial charge is 0.326 e. The Morgan fingerprint density at radius 2 is 1.64 bits per heavy atom. The second-order valence-corrected chi connectivity index (χ2v) is 11.4. The van der Waals surface area contributed by atoms with E-state index in [4.69, 9.17) is 9.47 Å². The van der Waals surface area contributed by atoms with E-state index in [9.17, 15) is 18.0 Å². The summed E-state index contributed by atoms with van der Waals surface area (Å²) in [6.45, 7) is 6.75. The Labute approximate surface area is 197 Å². The lowest BCUT2D eigenvalue weighted by Gasteiger charge is -2.34. The number of hydrogen-bond acceptors (Lipinski definition) is 7. The van der Waals surface area contributed by atoms with E-state index in [2.05, 4.69) is 0 Å². The molecule has 0 aromatic heterocycles. The first-order valence-electron chi connectivity index (χ1n) is 11.1. The number of benzene rings is 1. The fourth-order valence-corrected chi connectivity index (χ4v) is 5.09. The summed E-state index contributed by atoms with van der Waals surface area (Å²) in [7, 11) is 1.68. The van der Waals surface area contributed by atoms with Crippen LogP contribution in [0.4, 0.5) is 0 Å². The highest BCUT2D eigenvalue weighted by Crippen LogP contribution is 2.26. The molecule has 0 unspecified atom stereocenters. The van der Waals surface area contributed by atoms with Crippen LogP contribution in [0.15, 0.2) is 29.2 Å². The third-order valence-electron chi connectivity index (χ3n) is 5.37. The molecule has 2 rings (SSSR count). The molecular weight excluding hydrogens is 446 g/mol. The van der Waals surface area contributed by atoms with E-state index in [1.807, 2.05) is 19.0 Å². The number of piperidine rings is 1. The summed E-state index contributed by atoms with van der Waals surface area (Å²) in [4.78, 5) is 29.3. The normalized spacial score (nSPS) is 16.0. The lowest BCUT2D eigenvalue weighted by Crippen LogP contribution is -2.47. The quantitative estimate of drug-likeness (QED) is 0.495. The van der Waals surface area contributed by atoms with E-state index in [1.165, 1.54) is 28.4 Å². The molecule has 33 heavy (non-hydrogen) atoms. The first-order chi connectivity index (χ1) is 15.3. The molecule has 1 fully saturated rings. The molecular formula is C23H37N3O6S. The van der Waals surface area contributed by atoms with Crippen molar-refractivity contribution in [1.82, 2.24) is 14.1 Å². The number of amides is 1. The van der Waals surface area contributed by atoms with Crippen LogP contribution in [0.25, 0.3) is 0 Å². The van der Waals surface area contributed by atoms with E-state index >= 15 is 0 Å². The van der Waals surface area contributed by atoms with Crippen molar-refractivity contribution >= 4 is 21.9 Å². The summed E-state index contributed by atoms with van der Waals surface area (Å²) in [6, 6.07) is 6.27. The standard InChI is InChI=1S/C23H37N3O6S/c1-23(2,3)32-21(27)17-25(16-15-24(4)5)22(28)18-11-13-26(14-12-18)33(29,30)20-9-7-19(31-6)8-10-20/h7-10,18H,11-17H2,1-6H3. The fourth-order valence-electron chi connectivity index (χ4n) is 3.62. The molecule has 0 N–H and O–H groups in total. The van der Waals surface area contributed by atoms with Gasteiger partial charge in [-0.15, -0.1) is 0 Å². The Morgan fingerprint density at radius 3 is 2.12 bits per heavy atom. The molecule has 0 spiro atoms. The molecule has 0 aliphatic carbocycles. The van der Waals surface area contributed by atoms with Crippen LogP contribution in [0.3, 0.4) is 0 Å². The molecule has 1 saturated heterocycles. The number of nitrogens with zero attached hydrogens (tertiary/aromatic N) is 3. The van der Waals surface area contributed by atoms with Crippen molar-refractivity contribution in [3.05, 3.63) is 24.3 Å². The van der Waals surface area contributed by atoms with Crippen molar-refractivity contribution in [3.63, 3.8) is 0 Å². The van der Waals surface area contributed by atoms with Gasteiger partial charge < -0.3 is 19.3 Å². The van der Waals surface area contributed by atoms with Crippen molar-refractivity contribution in [2.75, 3.05) is 53.9 Å². The lowest BCUT2D eigenvalue weighted by atomic mass is 9.96. The van der Waals surface area contributed by atoms with Gasteiger partial charge in [0, 0.05) is 32.1 Å². The average Bonchev–Trinajstić information content (AvgIpc) is 2.75. The molecule has 10 heteroatoms. The molecule has 1 amide bonds. The van der Waals surface area contributed by atoms with E-state index in [-0.39, 0.29) is 36.4 Å². The van der Waals surface area contributed by atoms with Crippen molar-refractivity contribution in [2.45, 2.75) is 44.1 Å². The number of hydrogen-bond donors (Lipinski definition) is 0. The van der Waals surface area contributed by atoms with Crippen LogP contribution in [0, 0.1) is 5.92 Å². The minimum absolute atomic E-state index is 0.117. The van der Waals surface area contributed by atoms with E-state index in [1.54, 1.807) is 32.9 Å². The van der Waals surface area contributed by atoms with E-state index < -0.39 is 21.6 Å². The Bertz CT molecular complexity index is 901. The largest absolute Gasteiger partial charge is 0.497 e. The third-order valence-corrected chi connectivity index (χ3v) is 7.28. The van der Waals surface area contributed by atoms with Gasteiger partial charge in [-0.25, -0.2) is 8.42 Å². The SMILES string of the molecule is COc1ccc(S(=O)(=O)N2CCC(C(=O)N(CCN(C)C)CC(=O)OC(C)(C)C)CC2)cc1. The van der Waals surface area contributed by atoms with Crippen molar-refractivity contribution in [2.24, 2.45) is 5.92 Å². The van der Waals surface area contributed by atoms with Gasteiger partial charge in [0.15, 0.2) is 0 Å². The number of ether oxygens (including phenoxy) is 2. The van der Waals surface area contributed by atoms with Gasteiger partial charge in [-0.05, 0) is 72.0 Å². The van der Waals surface area contributed by atoms with Crippen LogP contribution < -0.4 is 4.74 Å². The Hall–Kier alpha value is -2.17. The first-order valence-corrected chi connectivity index (χ1v) is 12.6. The zero-order valence-corrected chi connectivity index (χ0v) is 21.4. The van der Waals surface area contributed by atoms with Gasteiger partial charge in [0.2, 0.25) is 15.9 Å². The third kappa shape index (κ3) is 7.97. The maximum absolute atomic E-state index is 13.2. The zero-order valence-electron chi connectivity index (χ0n) is 20.5. The van der Waals surface area contributed by atoms with Crippen LogP contribution in [0.2, 0.25) is 0 Å². The summed E-state index contributed by atoms with van der Waals surface area (Å²) in [5.74, 6) is -0.337. The maximum Gasteiger partial charge on any atom is 0.326 e. The lowest BCUT2D eigenvalue weighted by molar-refractivity contribution is -0.160. The highest BCUT2D eigenvalue weighted by Gasteiger charge is 2.34. The molecule has 1 aliphatic rings. The molecule has 1 aromatic carbocycles. The van der Waals surface area contributed by atoms with Gasteiger partial charge >= 0.3 is 5.97 Å².